The van der Waals surface area contributed by atoms with Gasteiger partial charge in [0.15, 0.2) is 5.84 Å². The van der Waals surface area contributed by atoms with Gasteiger partial charge in [-0.2, -0.15) is 0 Å². The van der Waals surface area contributed by atoms with Gasteiger partial charge in [-0.3, -0.25) is 0 Å². The van der Waals surface area contributed by atoms with Gasteiger partial charge in [0.1, 0.15) is 16.9 Å². The summed E-state index contributed by atoms with van der Waals surface area (Å²) in [7, 11) is 0. The van der Waals surface area contributed by atoms with Crippen LogP contribution in [0, 0.1) is 0 Å². The fourth-order valence-corrected chi connectivity index (χ4v) is 8.71. The van der Waals surface area contributed by atoms with Gasteiger partial charge in [0.2, 0.25) is 0 Å². The molecule has 274 valence electrons. The first-order chi connectivity index (χ1) is 29.2. The molecule has 0 saturated carbocycles. The second-order valence-electron chi connectivity index (χ2n) is 14.9. The number of furan rings is 1. The van der Waals surface area contributed by atoms with Crippen molar-refractivity contribution in [3.8, 4) is 16.9 Å². The molecule has 0 bridgehead atoms. The molecule has 0 atom stereocenters. The first kappa shape index (κ1) is 33.1. The summed E-state index contributed by atoms with van der Waals surface area (Å²) in [4.78, 5) is 15.8. The SMILES string of the molecule is C1=CC(c2cccc(-c3nc4ccc5ccccc5c4c4oc5ccccc5c34)c2)=NC(c2ccccc2)=NC=1c1cccc(-n2c3ccccc3c3ccccc32)c1. The van der Waals surface area contributed by atoms with Crippen LogP contribution < -0.4 is 0 Å². The lowest BCUT2D eigenvalue weighted by molar-refractivity contribution is 0.673. The summed E-state index contributed by atoms with van der Waals surface area (Å²) in [5.41, 5.74) is 15.6. The van der Waals surface area contributed by atoms with Crippen LogP contribution in [0.4, 0.5) is 0 Å². The molecular weight excluding hydrogens is 721 g/mol. The van der Waals surface area contributed by atoms with Crippen LogP contribution in [0.15, 0.2) is 214 Å². The molecule has 0 fully saturated rings. The van der Waals surface area contributed by atoms with E-state index >= 15 is 0 Å². The number of nitrogens with zero attached hydrogens (tertiary/aromatic N) is 4. The van der Waals surface area contributed by atoms with Gasteiger partial charge in [-0.25, -0.2) is 15.0 Å². The number of amidine groups is 1. The zero-order valence-corrected chi connectivity index (χ0v) is 31.7. The third-order valence-corrected chi connectivity index (χ3v) is 11.4. The molecule has 0 aliphatic carbocycles. The summed E-state index contributed by atoms with van der Waals surface area (Å²) in [6.45, 7) is 0. The predicted molar refractivity (Wildman–Crippen MR) is 244 cm³/mol. The molecule has 0 radical (unpaired) electrons. The number of rotatable bonds is 5. The van der Waals surface area contributed by atoms with E-state index in [0.29, 0.717) is 11.5 Å². The van der Waals surface area contributed by atoms with E-state index in [-0.39, 0.29) is 0 Å². The van der Waals surface area contributed by atoms with E-state index in [1.165, 1.54) is 10.8 Å². The van der Waals surface area contributed by atoms with E-state index in [4.69, 9.17) is 19.4 Å². The molecule has 0 unspecified atom stereocenters. The smallest absolute Gasteiger partial charge is 0.161 e. The first-order valence-corrected chi connectivity index (χ1v) is 19.8. The van der Waals surface area contributed by atoms with Crippen molar-refractivity contribution in [2.75, 3.05) is 0 Å². The zero-order chi connectivity index (χ0) is 38.9. The molecule has 4 heterocycles. The summed E-state index contributed by atoms with van der Waals surface area (Å²) < 4.78 is 9.02. The summed E-state index contributed by atoms with van der Waals surface area (Å²) in [6.07, 6.45) is 1.96. The lowest BCUT2D eigenvalue weighted by Gasteiger charge is -2.11. The Hall–Kier alpha value is -8.11. The normalized spacial score (nSPS) is 13.1. The van der Waals surface area contributed by atoms with E-state index in [1.807, 2.05) is 36.4 Å². The molecule has 11 aromatic rings. The Morgan fingerprint density at radius 3 is 1.97 bits per heavy atom. The average molecular weight is 753 g/mol. The minimum Gasteiger partial charge on any atom is -0.455 e. The second-order valence-corrected chi connectivity index (χ2v) is 14.9. The number of hydrogen-bond acceptors (Lipinski definition) is 4. The molecular formula is C54H32N4O. The number of hydrogen-bond donors (Lipinski definition) is 0. The molecule has 0 saturated heterocycles. The predicted octanol–water partition coefficient (Wildman–Crippen LogP) is 13.5. The maximum Gasteiger partial charge on any atom is 0.161 e. The number of aliphatic imine (C=N–C) groups is 2. The molecule has 1 aliphatic rings. The number of pyridine rings is 1. The van der Waals surface area contributed by atoms with Gasteiger partial charge < -0.3 is 8.98 Å². The van der Waals surface area contributed by atoms with Gasteiger partial charge in [-0.05, 0) is 53.2 Å². The van der Waals surface area contributed by atoms with Crippen molar-refractivity contribution >= 4 is 82.7 Å². The fourth-order valence-electron chi connectivity index (χ4n) is 8.71. The highest BCUT2D eigenvalue weighted by Gasteiger charge is 2.21. The topological polar surface area (TPSA) is 55.7 Å². The fraction of sp³-hybridized carbons (Fsp3) is 0. The van der Waals surface area contributed by atoms with Crippen molar-refractivity contribution in [2.45, 2.75) is 0 Å². The molecule has 0 spiro atoms. The molecule has 12 rings (SSSR count). The van der Waals surface area contributed by atoms with Crippen LogP contribution in [0.1, 0.15) is 16.7 Å². The van der Waals surface area contributed by atoms with Crippen LogP contribution in [0.3, 0.4) is 0 Å². The van der Waals surface area contributed by atoms with Gasteiger partial charge in [0, 0.05) is 50.2 Å². The van der Waals surface area contributed by atoms with E-state index in [1.54, 1.807) is 0 Å². The third kappa shape index (κ3) is 5.38. The quantitative estimate of drug-likeness (QED) is 0.130. The Labute approximate surface area is 338 Å². The van der Waals surface area contributed by atoms with Gasteiger partial charge in [-0.1, -0.05) is 151 Å². The monoisotopic (exact) mass is 752 g/mol. The number of allylic oxidation sites excluding steroid dienone is 1. The van der Waals surface area contributed by atoms with Crippen molar-refractivity contribution in [3.63, 3.8) is 0 Å². The molecule has 8 aromatic carbocycles. The lowest BCUT2D eigenvalue weighted by Crippen LogP contribution is -2.04. The summed E-state index contributed by atoms with van der Waals surface area (Å²) in [6, 6.07) is 65.2. The molecule has 1 aliphatic heterocycles. The van der Waals surface area contributed by atoms with E-state index in [9.17, 15) is 0 Å². The Balaban J connectivity index is 1.03. The highest BCUT2D eigenvalue weighted by molar-refractivity contribution is 6.25. The van der Waals surface area contributed by atoms with Crippen LogP contribution in [-0.2, 0) is 0 Å². The molecule has 0 amide bonds. The first-order valence-electron chi connectivity index (χ1n) is 19.8. The Kier molecular flexibility index (Phi) is 7.42. The van der Waals surface area contributed by atoms with Gasteiger partial charge in [-0.15, -0.1) is 0 Å². The lowest BCUT2D eigenvalue weighted by atomic mass is 9.97. The van der Waals surface area contributed by atoms with Crippen LogP contribution >= 0.6 is 0 Å². The average Bonchev–Trinajstić information content (AvgIpc) is 3.76. The minimum absolute atomic E-state index is 0.614. The van der Waals surface area contributed by atoms with Crippen molar-refractivity contribution in [1.29, 1.82) is 0 Å². The third-order valence-electron chi connectivity index (χ3n) is 11.4. The second kappa shape index (κ2) is 13.2. The number of aromatic nitrogens is 2. The maximum absolute atomic E-state index is 6.69. The molecule has 59 heavy (non-hydrogen) atoms. The minimum atomic E-state index is 0.614. The largest absolute Gasteiger partial charge is 0.455 e. The van der Waals surface area contributed by atoms with E-state index in [0.717, 1.165) is 94.0 Å². The van der Waals surface area contributed by atoms with Crippen molar-refractivity contribution in [3.05, 3.63) is 217 Å². The van der Waals surface area contributed by atoms with Crippen LogP contribution in [0.25, 0.3) is 88.1 Å². The summed E-state index contributed by atoms with van der Waals surface area (Å²) in [5.74, 6) is 0.614. The molecule has 5 nitrogen and oxygen atoms in total. The molecule has 5 heteroatoms. The van der Waals surface area contributed by atoms with E-state index in [2.05, 4.69) is 168 Å². The molecule has 0 N–H and O–H groups in total. The van der Waals surface area contributed by atoms with Gasteiger partial charge in [0.25, 0.3) is 0 Å². The standard InChI is InChI=1S/C54H32N4O/c1-2-15-35(16-3-1)54-56-44(30-31-45(57-54)37-18-13-20-39(33-37)58-47-25-9-6-22-41(47)42-23-7-10-26-48(42)58)36-17-12-19-38(32-36)52-51-43-24-8-11-27-49(43)59-53(51)50-40-21-5-4-14-34(40)28-29-46(50)55-52/h1-30,32-33H. The van der Waals surface area contributed by atoms with Crippen molar-refractivity contribution in [2.24, 2.45) is 9.98 Å². The summed E-state index contributed by atoms with van der Waals surface area (Å²) in [5, 5.41) is 7.77. The number of benzene rings is 8. The Morgan fingerprint density at radius 2 is 1.14 bits per heavy atom. The van der Waals surface area contributed by atoms with E-state index < -0.39 is 0 Å². The van der Waals surface area contributed by atoms with Crippen LogP contribution in [0.2, 0.25) is 0 Å². The van der Waals surface area contributed by atoms with Gasteiger partial charge >= 0.3 is 0 Å². The van der Waals surface area contributed by atoms with Crippen LogP contribution in [-0.4, -0.2) is 21.1 Å². The highest BCUT2D eigenvalue weighted by atomic mass is 16.3. The van der Waals surface area contributed by atoms with Crippen molar-refractivity contribution in [1.82, 2.24) is 9.55 Å². The zero-order valence-electron chi connectivity index (χ0n) is 31.7. The maximum atomic E-state index is 6.69. The Morgan fingerprint density at radius 1 is 0.475 bits per heavy atom. The summed E-state index contributed by atoms with van der Waals surface area (Å²) >= 11 is 0. The number of fused-ring (bicyclic) bond motifs is 10. The van der Waals surface area contributed by atoms with Gasteiger partial charge in [0.05, 0.1) is 38.7 Å². The number of para-hydroxylation sites is 3. The molecule has 3 aromatic heterocycles. The highest BCUT2D eigenvalue weighted by Crippen LogP contribution is 2.42. The Bertz CT molecular complexity index is 3600. The van der Waals surface area contributed by atoms with Crippen LogP contribution in [0.5, 0.6) is 0 Å². The van der Waals surface area contributed by atoms with Crippen molar-refractivity contribution < 1.29 is 4.42 Å².